The van der Waals surface area contributed by atoms with Crippen molar-refractivity contribution in [3.63, 3.8) is 0 Å². The summed E-state index contributed by atoms with van der Waals surface area (Å²) in [6.07, 6.45) is 1.10. The molecule has 2 amide bonds. The molecule has 1 aromatic heterocycles. The van der Waals surface area contributed by atoms with Gasteiger partial charge in [0.25, 0.3) is 0 Å². The van der Waals surface area contributed by atoms with Gasteiger partial charge in [-0.25, -0.2) is 4.79 Å². The highest BCUT2D eigenvalue weighted by molar-refractivity contribution is 7.99. The number of amides is 2. The summed E-state index contributed by atoms with van der Waals surface area (Å²) in [5, 5.41) is 9.69. The van der Waals surface area contributed by atoms with Gasteiger partial charge in [0.15, 0.2) is 5.82 Å². The standard InChI is InChI=1S/C15H18N4O2S/c1-10-18-14(19-21-10)9-17-15(20)16-8-13-12-5-3-2-4-11(12)6-7-22-13/h2-5,13H,6-9H2,1H3,(H2,16,17,20)/t13-/m0/s1. The minimum Gasteiger partial charge on any atom is -0.340 e. The van der Waals surface area contributed by atoms with Crippen molar-refractivity contribution in [2.45, 2.75) is 25.1 Å². The van der Waals surface area contributed by atoms with Gasteiger partial charge >= 0.3 is 6.03 Å². The zero-order valence-corrected chi connectivity index (χ0v) is 13.2. The molecule has 1 aromatic carbocycles. The Balaban J connectivity index is 1.49. The number of hydrogen-bond acceptors (Lipinski definition) is 5. The van der Waals surface area contributed by atoms with Gasteiger partial charge in [-0.1, -0.05) is 29.4 Å². The van der Waals surface area contributed by atoms with E-state index >= 15 is 0 Å². The topological polar surface area (TPSA) is 80.0 Å². The van der Waals surface area contributed by atoms with E-state index in [1.54, 1.807) is 6.92 Å². The van der Waals surface area contributed by atoms with E-state index < -0.39 is 0 Å². The second kappa shape index (κ2) is 6.83. The average molecular weight is 318 g/mol. The number of nitrogens with zero attached hydrogens (tertiary/aromatic N) is 2. The molecule has 1 aliphatic rings. The lowest BCUT2D eigenvalue weighted by atomic mass is 10.0. The van der Waals surface area contributed by atoms with E-state index in [0.717, 1.165) is 12.2 Å². The molecule has 0 radical (unpaired) electrons. The van der Waals surface area contributed by atoms with E-state index in [4.69, 9.17) is 4.52 Å². The first-order chi connectivity index (χ1) is 10.7. The number of nitrogens with one attached hydrogen (secondary N) is 2. The molecule has 0 fully saturated rings. The van der Waals surface area contributed by atoms with Crippen LogP contribution >= 0.6 is 11.8 Å². The first kappa shape index (κ1) is 14.9. The van der Waals surface area contributed by atoms with E-state index in [1.807, 2.05) is 11.8 Å². The van der Waals surface area contributed by atoms with Gasteiger partial charge in [0.2, 0.25) is 5.89 Å². The summed E-state index contributed by atoms with van der Waals surface area (Å²) in [7, 11) is 0. The molecule has 2 heterocycles. The number of aryl methyl sites for hydroxylation is 2. The summed E-state index contributed by atoms with van der Waals surface area (Å²) in [6.45, 7) is 2.59. The van der Waals surface area contributed by atoms with E-state index in [-0.39, 0.29) is 12.6 Å². The third-order valence-corrected chi connectivity index (χ3v) is 4.78. The van der Waals surface area contributed by atoms with Crippen LogP contribution in [0.1, 0.15) is 28.1 Å². The van der Waals surface area contributed by atoms with Gasteiger partial charge in [-0.3, -0.25) is 0 Å². The lowest BCUT2D eigenvalue weighted by Crippen LogP contribution is -2.37. The van der Waals surface area contributed by atoms with Crippen LogP contribution in [0.4, 0.5) is 4.79 Å². The summed E-state index contributed by atoms with van der Waals surface area (Å²) in [5.74, 6) is 2.06. The van der Waals surface area contributed by atoms with Crippen LogP contribution in [0.2, 0.25) is 0 Å². The number of benzene rings is 1. The fourth-order valence-electron chi connectivity index (χ4n) is 2.47. The van der Waals surface area contributed by atoms with Crippen LogP contribution in [0.15, 0.2) is 28.8 Å². The molecule has 1 atom stereocenters. The van der Waals surface area contributed by atoms with Crippen LogP contribution in [0.3, 0.4) is 0 Å². The monoisotopic (exact) mass is 318 g/mol. The second-order valence-electron chi connectivity index (χ2n) is 5.10. The fraction of sp³-hybridized carbons (Fsp3) is 0.400. The van der Waals surface area contributed by atoms with Crippen LogP contribution in [-0.2, 0) is 13.0 Å². The van der Waals surface area contributed by atoms with Crippen LogP contribution in [0.25, 0.3) is 0 Å². The van der Waals surface area contributed by atoms with E-state index in [0.29, 0.717) is 23.5 Å². The molecule has 6 nitrogen and oxygen atoms in total. The summed E-state index contributed by atoms with van der Waals surface area (Å²) in [5.41, 5.74) is 2.71. The molecular weight excluding hydrogens is 300 g/mol. The zero-order valence-electron chi connectivity index (χ0n) is 12.3. The lowest BCUT2D eigenvalue weighted by Gasteiger charge is -2.25. The molecule has 0 saturated heterocycles. The number of rotatable bonds is 4. The zero-order chi connectivity index (χ0) is 15.4. The van der Waals surface area contributed by atoms with E-state index in [1.165, 1.54) is 11.1 Å². The Morgan fingerprint density at radius 1 is 1.41 bits per heavy atom. The van der Waals surface area contributed by atoms with E-state index in [9.17, 15) is 4.79 Å². The molecule has 116 valence electrons. The highest BCUT2D eigenvalue weighted by atomic mass is 32.2. The van der Waals surface area contributed by atoms with Crippen molar-refractivity contribution in [1.82, 2.24) is 20.8 Å². The Bertz CT molecular complexity index is 658. The van der Waals surface area contributed by atoms with Crippen molar-refractivity contribution < 1.29 is 9.32 Å². The summed E-state index contributed by atoms with van der Waals surface area (Å²) in [6, 6.07) is 8.22. The SMILES string of the molecule is Cc1nc(CNC(=O)NC[C@@H]2SCCc3ccccc32)no1. The number of hydrogen-bond donors (Lipinski definition) is 2. The third-order valence-electron chi connectivity index (χ3n) is 3.52. The molecular formula is C15H18N4O2S. The minimum absolute atomic E-state index is 0.217. The number of urea groups is 1. The molecule has 0 spiro atoms. The highest BCUT2D eigenvalue weighted by Crippen LogP contribution is 2.35. The summed E-state index contributed by atoms with van der Waals surface area (Å²) < 4.78 is 4.85. The largest absolute Gasteiger partial charge is 0.340 e. The van der Waals surface area contributed by atoms with Gasteiger partial charge in [-0.15, -0.1) is 0 Å². The lowest BCUT2D eigenvalue weighted by molar-refractivity contribution is 0.240. The molecule has 3 rings (SSSR count). The maximum Gasteiger partial charge on any atom is 0.315 e. The Labute approximate surface area is 133 Å². The number of carbonyl (C=O) groups excluding carboxylic acids is 1. The number of aromatic nitrogens is 2. The fourth-order valence-corrected chi connectivity index (χ4v) is 3.70. The molecule has 22 heavy (non-hydrogen) atoms. The summed E-state index contributed by atoms with van der Waals surface area (Å²) in [4.78, 5) is 15.9. The van der Waals surface area contributed by atoms with Crippen molar-refractivity contribution in [2.75, 3.05) is 12.3 Å². The van der Waals surface area contributed by atoms with Gasteiger partial charge in [0.05, 0.1) is 6.54 Å². The predicted molar refractivity (Wildman–Crippen MR) is 84.6 cm³/mol. The molecule has 2 N–H and O–H groups in total. The Morgan fingerprint density at radius 3 is 3.09 bits per heavy atom. The van der Waals surface area contributed by atoms with E-state index in [2.05, 4.69) is 45.0 Å². The van der Waals surface area contributed by atoms with Crippen LogP contribution in [0, 0.1) is 6.92 Å². The molecule has 0 unspecified atom stereocenters. The maximum absolute atomic E-state index is 11.9. The van der Waals surface area contributed by atoms with Gasteiger partial charge in [0, 0.05) is 18.7 Å². The van der Waals surface area contributed by atoms with Crippen LogP contribution in [-0.4, -0.2) is 28.5 Å². The normalized spacial score (nSPS) is 16.9. The highest BCUT2D eigenvalue weighted by Gasteiger charge is 2.20. The van der Waals surface area contributed by atoms with Gasteiger partial charge < -0.3 is 15.2 Å². The first-order valence-corrected chi connectivity index (χ1v) is 8.27. The summed E-state index contributed by atoms with van der Waals surface area (Å²) >= 11 is 1.88. The average Bonchev–Trinajstić information content (AvgIpc) is 2.96. The number of carbonyl (C=O) groups is 1. The minimum atomic E-state index is -0.217. The molecule has 2 aromatic rings. The number of thioether (sulfide) groups is 1. The molecule has 0 saturated carbocycles. The van der Waals surface area contributed by atoms with Crippen molar-refractivity contribution >= 4 is 17.8 Å². The maximum atomic E-state index is 11.9. The first-order valence-electron chi connectivity index (χ1n) is 7.22. The third kappa shape index (κ3) is 3.59. The van der Waals surface area contributed by atoms with Crippen molar-refractivity contribution in [3.05, 3.63) is 47.1 Å². The number of fused-ring (bicyclic) bond motifs is 1. The Morgan fingerprint density at radius 2 is 2.27 bits per heavy atom. The van der Waals surface area contributed by atoms with Crippen molar-refractivity contribution in [1.29, 1.82) is 0 Å². The second-order valence-corrected chi connectivity index (χ2v) is 6.41. The van der Waals surface area contributed by atoms with Gasteiger partial charge in [-0.2, -0.15) is 16.7 Å². The van der Waals surface area contributed by atoms with Gasteiger partial charge in [0.1, 0.15) is 0 Å². The van der Waals surface area contributed by atoms with Crippen LogP contribution in [0.5, 0.6) is 0 Å². The molecule has 0 bridgehead atoms. The molecule has 0 aliphatic carbocycles. The van der Waals surface area contributed by atoms with Gasteiger partial charge in [-0.05, 0) is 23.3 Å². The smallest absolute Gasteiger partial charge is 0.315 e. The predicted octanol–water partition coefficient (Wildman–Crippen LogP) is 2.21. The molecule has 7 heteroatoms. The van der Waals surface area contributed by atoms with Crippen molar-refractivity contribution in [3.8, 4) is 0 Å². The van der Waals surface area contributed by atoms with Crippen molar-refractivity contribution in [2.24, 2.45) is 0 Å². The quantitative estimate of drug-likeness (QED) is 0.903. The Kier molecular flexibility index (Phi) is 4.62. The molecule has 1 aliphatic heterocycles. The Hall–Kier alpha value is -2.02. The van der Waals surface area contributed by atoms with Crippen LogP contribution < -0.4 is 10.6 Å².